The first-order chi connectivity index (χ1) is 30.4. The van der Waals surface area contributed by atoms with Crippen LogP contribution in [0.3, 0.4) is 0 Å². The lowest BCUT2D eigenvalue weighted by atomic mass is 9.88. The van der Waals surface area contributed by atoms with Gasteiger partial charge in [0.15, 0.2) is 40.8 Å². The van der Waals surface area contributed by atoms with Gasteiger partial charge in [-0.2, -0.15) is 10.2 Å². The van der Waals surface area contributed by atoms with Crippen LogP contribution in [0.25, 0.3) is 11.2 Å². The number of aromatic nitrogens is 4. The number of benzene rings is 1. The Balaban J connectivity index is 1.21. The summed E-state index contributed by atoms with van der Waals surface area (Å²) in [6.45, 7) is 3.00. The lowest BCUT2D eigenvalue weighted by Gasteiger charge is -2.26. The summed E-state index contributed by atoms with van der Waals surface area (Å²) in [7, 11) is 5.16. The molecule has 0 bridgehead atoms. The molecule has 3 aromatic rings. The summed E-state index contributed by atoms with van der Waals surface area (Å²) in [6, 6.07) is 5.39. The average molecular weight is 880 g/mol. The van der Waals surface area contributed by atoms with Crippen molar-refractivity contribution < 1.29 is 57.4 Å². The number of nitrogens with one attached hydrogen (secondary N) is 2. The maximum atomic E-state index is 14.4. The number of urea groups is 1. The Labute approximate surface area is 365 Å². The topological polar surface area (TPSA) is 249 Å². The van der Waals surface area contributed by atoms with E-state index in [1.54, 1.807) is 47.8 Å². The Bertz CT molecular complexity index is 2030. The number of hydrogen-bond acceptors (Lipinski definition) is 18. The van der Waals surface area contributed by atoms with E-state index in [1.807, 2.05) is 14.1 Å². The van der Waals surface area contributed by atoms with E-state index >= 15 is 0 Å². The molecule has 0 aliphatic carbocycles. The second kappa shape index (κ2) is 24.2. The number of imidazole rings is 1. The second-order valence-electron chi connectivity index (χ2n) is 15.2. The van der Waals surface area contributed by atoms with Gasteiger partial charge in [-0.15, -0.1) is 6.42 Å². The number of terminal acetylenes is 1. The van der Waals surface area contributed by atoms with Gasteiger partial charge in [0.05, 0.1) is 65.2 Å². The van der Waals surface area contributed by atoms with E-state index in [4.69, 9.17) is 39.6 Å². The van der Waals surface area contributed by atoms with Crippen molar-refractivity contribution in [2.75, 3.05) is 85.5 Å². The Morgan fingerprint density at radius 3 is 2.46 bits per heavy atom. The fraction of sp³-hybridized carbons (Fsp3) is 0.595. The largest absolute Gasteiger partial charge is 0.508 e. The van der Waals surface area contributed by atoms with Crippen molar-refractivity contribution in [1.29, 1.82) is 0 Å². The molecule has 2 amide bonds. The number of rotatable bonds is 28. The number of nitrogens with zero attached hydrogens (tertiary/aromatic N) is 7. The van der Waals surface area contributed by atoms with Crippen molar-refractivity contribution >= 4 is 40.7 Å². The first-order valence-corrected chi connectivity index (χ1v) is 20.7. The Hall–Kier alpha value is -5.79. The molecule has 3 N–H and O–H groups in total. The van der Waals surface area contributed by atoms with Gasteiger partial charge in [-0.25, -0.2) is 24.5 Å². The number of methoxy groups -OCH3 is 1. The van der Waals surface area contributed by atoms with Gasteiger partial charge in [0.25, 0.3) is 0 Å². The second-order valence-corrected chi connectivity index (χ2v) is 15.2. The van der Waals surface area contributed by atoms with Gasteiger partial charge in [-0.1, -0.05) is 18.1 Å². The summed E-state index contributed by atoms with van der Waals surface area (Å²) in [5.41, 5.74) is 0.937. The number of fused-ring (bicyclic) bond motifs is 1. The molecule has 0 spiro atoms. The molecule has 2 aliphatic heterocycles. The van der Waals surface area contributed by atoms with Crippen LogP contribution in [0.1, 0.15) is 50.8 Å². The van der Waals surface area contributed by atoms with Gasteiger partial charge in [-0.3, -0.25) is 14.2 Å². The standard InChI is InChI=1S/C42H57N9O12/c1-6-16-58-18-13-29(53)8-7-17-59-21-22-60-20-15-43-40(55)47-32(23-28-9-11-30(57-5)12-10-28)33(54)24-31-34(25-52)62-39(36(31)63-41(56)61-19-14-42(2)48-49-42)51-27-46-35-37(50(3)4)44-26-45-38(35)51/h1,9-12,26-27,31-32,34,36,39,52H,7-8,13-25H2,2-5H3,(H2,43,47,55)/t31-,32+,34-,36?,39?/m1/s1. The van der Waals surface area contributed by atoms with Gasteiger partial charge in [-0.05, 0) is 37.5 Å². The number of ether oxygens (including phenoxy) is 7. The smallest absolute Gasteiger partial charge is 0.497 e. The normalized spacial score (nSPS) is 18.9. The van der Waals surface area contributed by atoms with E-state index in [2.05, 4.69) is 41.7 Å². The van der Waals surface area contributed by atoms with Crippen molar-refractivity contribution in [3.63, 3.8) is 0 Å². The van der Waals surface area contributed by atoms with Gasteiger partial charge < -0.3 is 53.8 Å². The molecule has 1 saturated heterocycles. The van der Waals surface area contributed by atoms with Gasteiger partial charge in [0.1, 0.15) is 24.5 Å². The molecule has 21 nitrogen and oxygen atoms in total. The molecule has 0 radical (unpaired) electrons. The summed E-state index contributed by atoms with van der Waals surface area (Å²) >= 11 is 0. The van der Waals surface area contributed by atoms with Crippen LogP contribution in [0.5, 0.6) is 5.75 Å². The number of carbonyl (C=O) groups is 4. The van der Waals surface area contributed by atoms with E-state index in [-0.39, 0.29) is 51.6 Å². The van der Waals surface area contributed by atoms with Gasteiger partial charge in [0, 0.05) is 58.8 Å². The molecule has 5 atom stereocenters. The minimum atomic E-state index is -1.18. The van der Waals surface area contributed by atoms with Crippen LogP contribution in [-0.2, 0) is 44.4 Å². The first kappa shape index (κ1) is 48.2. The van der Waals surface area contributed by atoms with Crippen molar-refractivity contribution in [2.45, 2.75) is 75.6 Å². The van der Waals surface area contributed by atoms with Crippen LogP contribution in [0.2, 0.25) is 0 Å². The number of Topliss-reactive ketones (excluding diaryl/α,β-unsaturated/α-hetero) is 2. The fourth-order valence-corrected chi connectivity index (χ4v) is 6.79. The number of carbonyl (C=O) groups excluding carboxylic acids is 4. The van der Waals surface area contributed by atoms with Crippen molar-refractivity contribution in [3.8, 4) is 18.1 Å². The van der Waals surface area contributed by atoms with Gasteiger partial charge in [0.2, 0.25) is 0 Å². The maximum Gasteiger partial charge on any atom is 0.508 e. The first-order valence-electron chi connectivity index (χ1n) is 20.7. The summed E-state index contributed by atoms with van der Waals surface area (Å²) < 4.78 is 40.8. The highest BCUT2D eigenvalue weighted by Gasteiger charge is 2.50. The molecule has 1 aromatic carbocycles. The summed E-state index contributed by atoms with van der Waals surface area (Å²) in [4.78, 5) is 67.8. The monoisotopic (exact) mass is 879 g/mol. The SMILES string of the molecule is C#CCOCCC(=O)CCCOCCOCCNC(=O)N[C@@H](Cc1ccc(OC)cc1)C(=O)C[C@H]1C(OC(=O)OCCC2(C)N=N2)C(n2cnc3c(N(C)C)ncnc32)O[C@@H]1CO. The van der Waals surface area contributed by atoms with E-state index in [9.17, 15) is 24.3 Å². The predicted molar refractivity (Wildman–Crippen MR) is 225 cm³/mol. The van der Waals surface area contributed by atoms with Crippen LogP contribution >= 0.6 is 0 Å². The molecule has 2 aliphatic rings. The summed E-state index contributed by atoms with van der Waals surface area (Å²) in [6.07, 6.45) is 5.13. The highest BCUT2D eigenvalue weighted by Crippen LogP contribution is 2.40. The van der Waals surface area contributed by atoms with Crippen molar-refractivity contribution in [3.05, 3.63) is 42.5 Å². The molecular formula is C42H57N9O12. The molecule has 5 rings (SSSR count). The number of ketones is 2. The maximum absolute atomic E-state index is 14.4. The third-order valence-electron chi connectivity index (χ3n) is 10.3. The Kier molecular flexibility index (Phi) is 18.5. The molecule has 1 fully saturated rings. The predicted octanol–water partition coefficient (Wildman–Crippen LogP) is 2.79. The van der Waals surface area contributed by atoms with Gasteiger partial charge >= 0.3 is 12.2 Å². The lowest BCUT2D eigenvalue weighted by molar-refractivity contribution is -0.123. The zero-order valence-electron chi connectivity index (χ0n) is 36.1. The third-order valence-corrected chi connectivity index (χ3v) is 10.3. The van der Waals surface area contributed by atoms with E-state index in [0.29, 0.717) is 68.2 Å². The average Bonchev–Trinajstić information content (AvgIpc) is 3.70. The zero-order valence-corrected chi connectivity index (χ0v) is 36.1. The molecule has 63 heavy (non-hydrogen) atoms. The van der Waals surface area contributed by atoms with E-state index in [1.165, 1.54) is 12.7 Å². The minimum absolute atomic E-state index is 0.0296. The molecular weight excluding hydrogens is 823 g/mol. The molecule has 2 unspecified atom stereocenters. The van der Waals surface area contributed by atoms with Crippen molar-refractivity contribution in [1.82, 2.24) is 30.2 Å². The molecule has 21 heteroatoms. The van der Waals surface area contributed by atoms with Crippen LogP contribution in [0, 0.1) is 18.3 Å². The molecule has 0 saturated carbocycles. The Morgan fingerprint density at radius 2 is 1.76 bits per heavy atom. The number of aliphatic hydroxyl groups excluding tert-OH is 1. The quantitative estimate of drug-likeness (QED) is 0.0539. The van der Waals surface area contributed by atoms with Crippen LogP contribution in [0.4, 0.5) is 15.4 Å². The van der Waals surface area contributed by atoms with Crippen LogP contribution in [0.15, 0.2) is 47.1 Å². The number of anilines is 1. The zero-order chi connectivity index (χ0) is 45.2. The highest BCUT2D eigenvalue weighted by atomic mass is 16.7. The third kappa shape index (κ3) is 14.6. The van der Waals surface area contributed by atoms with Crippen LogP contribution in [-0.4, -0.2) is 153 Å². The Morgan fingerprint density at radius 1 is 1.00 bits per heavy atom. The lowest BCUT2D eigenvalue weighted by Crippen LogP contribution is -2.49. The molecule has 342 valence electrons. The van der Waals surface area contributed by atoms with E-state index < -0.39 is 60.6 Å². The van der Waals surface area contributed by atoms with Crippen LogP contribution < -0.4 is 20.3 Å². The van der Waals surface area contributed by atoms with Crippen molar-refractivity contribution in [2.24, 2.45) is 16.1 Å². The number of aliphatic hydroxyl groups is 1. The number of amides is 2. The summed E-state index contributed by atoms with van der Waals surface area (Å²) in [5, 5.41) is 24.0. The molecule has 4 heterocycles. The van der Waals surface area contributed by atoms with E-state index in [0.717, 1.165) is 5.56 Å². The number of hydrogen-bond donors (Lipinski definition) is 3. The fourth-order valence-electron chi connectivity index (χ4n) is 6.79. The highest BCUT2D eigenvalue weighted by molar-refractivity contribution is 5.89. The summed E-state index contributed by atoms with van der Waals surface area (Å²) in [5.74, 6) is 2.26. The minimum Gasteiger partial charge on any atom is -0.497 e. The molecule has 2 aromatic heterocycles.